The molecule has 1 aromatic heterocycles. The smallest absolute Gasteiger partial charge is 0.360 e. The number of ether oxygens (including phenoxy) is 1. The normalized spacial score (nSPS) is 10.7. The first-order valence-electron chi connectivity index (χ1n) is 8.23. The summed E-state index contributed by atoms with van der Waals surface area (Å²) in [7, 11) is 1.27. The van der Waals surface area contributed by atoms with Crippen molar-refractivity contribution in [3.63, 3.8) is 0 Å². The van der Waals surface area contributed by atoms with Crippen molar-refractivity contribution in [1.82, 2.24) is 9.88 Å². The van der Waals surface area contributed by atoms with Gasteiger partial charge < -0.3 is 19.4 Å². The molecule has 7 nitrogen and oxygen atoms in total. The summed E-state index contributed by atoms with van der Waals surface area (Å²) in [4.78, 5) is 29.9. The number of halogens is 1. The zero-order valence-corrected chi connectivity index (χ0v) is 16.6. The van der Waals surface area contributed by atoms with E-state index in [0.717, 1.165) is 10.9 Å². The maximum Gasteiger partial charge on any atom is 0.360 e. The summed E-state index contributed by atoms with van der Waals surface area (Å²) < 4.78 is 10.8. The molecule has 8 heteroatoms. The molecule has 0 unspecified atom stereocenters. The number of benzene rings is 1. The van der Waals surface area contributed by atoms with Crippen molar-refractivity contribution in [2.24, 2.45) is 5.92 Å². The van der Waals surface area contributed by atoms with Crippen molar-refractivity contribution >= 4 is 33.6 Å². The molecular formula is C18H22BrN3O4. The van der Waals surface area contributed by atoms with Gasteiger partial charge in [-0.25, -0.2) is 14.6 Å². The van der Waals surface area contributed by atoms with Crippen molar-refractivity contribution in [3.05, 3.63) is 46.6 Å². The molecule has 0 saturated heterocycles. The Labute approximate surface area is 160 Å². The van der Waals surface area contributed by atoms with Crippen molar-refractivity contribution in [2.45, 2.75) is 26.8 Å². The fourth-order valence-corrected chi connectivity index (χ4v) is 2.58. The van der Waals surface area contributed by atoms with E-state index in [1.54, 1.807) is 4.90 Å². The molecule has 2 rings (SSSR count). The molecule has 0 radical (unpaired) electrons. The summed E-state index contributed by atoms with van der Waals surface area (Å²) in [5.41, 5.74) is 0.764. The number of rotatable bonds is 7. The van der Waals surface area contributed by atoms with Gasteiger partial charge in [0.15, 0.2) is 5.69 Å². The predicted molar refractivity (Wildman–Crippen MR) is 101 cm³/mol. The molecule has 0 bridgehead atoms. The topological polar surface area (TPSA) is 84.7 Å². The lowest BCUT2D eigenvalue weighted by Gasteiger charge is -2.22. The van der Waals surface area contributed by atoms with Crippen LogP contribution in [-0.4, -0.2) is 35.5 Å². The number of esters is 1. The van der Waals surface area contributed by atoms with Crippen LogP contribution in [0.3, 0.4) is 0 Å². The van der Waals surface area contributed by atoms with Crippen LogP contribution in [0.4, 0.5) is 10.5 Å². The van der Waals surface area contributed by atoms with Gasteiger partial charge in [-0.15, -0.1) is 0 Å². The fraction of sp³-hybridized carbons (Fsp3) is 0.389. The molecule has 2 amide bonds. The summed E-state index contributed by atoms with van der Waals surface area (Å²) in [5.74, 6) is 0.136. The lowest BCUT2D eigenvalue weighted by atomic mass is 10.1. The first-order chi connectivity index (χ1) is 12.4. The standard InChI is InChI=1S/C18H22BrN3O4/c1-12(2)7-8-22(10-16-21-15(11-26-16)17(23)25-3)18(24)20-14-6-4-5-13(19)9-14/h4-6,9,11-12H,7-8,10H2,1-3H3,(H,20,24). The third-order valence-corrected chi connectivity index (χ3v) is 4.11. The average Bonchev–Trinajstić information content (AvgIpc) is 3.06. The minimum atomic E-state index is -0.577. The number of hydrogen-bond donors (Lipinski definition) is 1. The highest BCUT2D eigenvalue weighted by molar-refractivity contribution is 9.10. The lowest BCUT2D eigenvalue weighted by Crippen LogP contribution is -2.36. The van der Waals surface area contributed by atoms with Crippen LogP contribution < -0.4 is 5.32 Å². The van der Waals surface area contributed by atoms with Crippen LogP contribution in [-0.2, 0) is 11.3 Å². The van der Waals surface area contributed by atoms with E-state index in [9.17, 15) is 9.59 Å². The van der Waals surface area contributed by atoms with Gasteiger partial charge in [0.2, 0.25) is 5.89 Å². The van der Waals surface area contributed by atoms with Crippen LogP contribution in [0.5, 0.6) is 0 Å². The molecule has 0 aliphatic heterocycles. The third-order valence-electron chi connectivity index (χ3n) is 3.61. The van der Waals surface area contributed by atoms with E-state index >= 15 is 0 Å². The molecule has 140 valence electrons. The van der Waals surface area contributed by atoms with E-state index in [-0.39, 0.29) is 24.2 Å². The number of anilines is 1. The Balaban J connectivity index is 2.10. The van der Waals surface area contributed by atoms with E-state index < -0.39 is 5.97 Å². The first kappa shape index (κ1) is 20.0. The SMILES string of the molecule is COC(=O)c1coc(CN(CCC(C)C)C(=O)Nc2cccc(Br)c2)n1. The second-order valence-electron chi connectivity index (χ2n) is 6.16. The van der Waals surface area contributed by atoms with Crippen molar-refractivity contribution < 1.29 is 18.7 Å². The summed E-state index contributed by atoms with van der Waals surface area (Å²) in [6, 6.07) is 7.09. The maximum absolute atomic E-state index is 12.7. The van der Waals surface area contributed by atoms with E-state index in [2.05, 4.69) is 44.8 Å². The number of aromatic nitrogens is 1. The summed E-state index contributed by atoms with van der Waals surface area (Å²) in [6.07, 6.45) is 2.06. The van der Waals surface area contributed by atoms with Gasteiger partial charge >= 0.3 is 12.0 Å². The minimum Gasteiger partial charge on any atom is -0.464 e. The maximum atomic E-state index is 12.7. The van der Waals surface area contributed by atoms with Gasteiger partial charge in [-0.1, -0.05) is 35.8 Å². The molecule has 1 N–H and O–H groups in total. The summed E-state index contributed by atoms with van der Waals surface area (Å²) in [5, 5.41) is 2.86. The first-order valence-corrected chi connectivity index (χ1v) is 9.02. The summed E-state index contributed by atoms with van der Waals surface area (Å²) >= 11 is 3.38. The second kappa shape index (κ2) is 9.38. The molecule has 1 aromatic carbocycles. The molecule has 0 fully saturated rings. The molecule has 26 heavy (non-hydrogen) atoms. The Morgan fingerprint density at radius 1 is 1.38 bits per heavy atom. The van der Waals surface area contributed by atoms with Crippen molar-refractivity contribution in [1.29, 1.82) is 0 Å². The van der Waals surface area contributed by atoms with E-state index in [1.807, 2.05) is 24.3 Å². The van der Waals surface area contributed by atoms with Crippen LogP contribution in [0.1, 0.15) is 36.6 Å². The highest BCUT2D eigenvalue weighted by Crippen LogP contribution is 2.17. The van der Waals surface area contributed by atoms with E-state index in [4.69, 9.17) is 4.42 Å². The van der Waals surface area contributed by atoms with Crippen LogP contribution in [0.25, 0.3) is 0 Å². The Bertz CT molecular complexity index is 760. The van der Waals surface area contributed by atoms with Gasteiger partial charge in [0.05, 0.1) is 13.7 Å². The number of nitrogens with zero attached hydrogens (tertiary/aromatic N) is 2. The Hall–Kier alpha value is -2.35. The molecular weight excluding hydrogens is 402 g/mol. The molecule has 0 saturated carbocycles. The van der Waals surface area contributed by atoms with Crippen LogP contribution in [0, 0.1) is 5.92 Å². The number of carbonyl (C=O) groups excluding carboxylic acids is 2. The third kappa shape index (κ3) is 5.87. The van der Waals surface area contributed by atoms with E-state index in [1.165, 1.54) is 13.4 Å². The van der Waals surface area contributed by atoms with Crippen molar-refractivity contribution in [2.75, 3.05) is 19.0 Å². The van der Waals surface area contributed by atoms with Crippen molar-refractivity contribution in [3.8, 4) is 0 Å². The zero-order chi connectivity index (χ0) is 19.1. The number of amides is 2. The van der Waals surface area contributed by atoms with Gasteiger partial charge in [0.25, 0.3) is 0 Å². The highest BCUT2D eigenvalue weighted by Gasteiger charge is 2.19. The summed E-state index contributed by atoms with van der Waals surface area (Å²) in [6.45, 7) is 4.87. The number of oxazole rings is 1. The number of carbonyl (C=O) groups is 2. The number of hydrogen-bond acceptors (Lipinski definition) is 5. The highest BCUT2D eigenvalue weighted by atomic mass is 79.9. The molecule has 0 aliphatic carbocycles. The fourth-order valence-electron chi connectivity index (χ4n) is 2.18. The van der Waals surface area contributed by atoms with Gasteiger partial charge in [0, 0.05) is 16.7 Å². The lowest BCUT2D eigenvalue weighted by molar-refractivity contribution is 0.0594. The largest absolute Gasteiger partial charge is 0.464 e. The van der Waals surface area contributed by atoms with Gasteiger partial charge in [0.1, 0.15) is 6.26 Å². The minimum absolute atomic E-state index is 0.0821. The molecule has 0 aliphatic rings. The monoisotopic (exact) mass is 423 g/mol. The van der Waals surface area contributed by atoms with Gasteiger partial charge in [-0.2, -0.15) is 0 Å². The van der Waals surface area contributed by atoms with E-state index in [0.29, 0.717) is 18.2 Å². The zero-order valence-electron chi connectivity index (χ0n) is 15.0. The van der Waals surface area contributed by atoms with Crippen LogP contribution in [0.15, 0.2) is 39.4 Å². The van der Waals surface area contributed by atoms with Crippen LogP contribution >= 0.6 is 15.9 Å². The van der Waals surface area contributed by atoms with Gasteiger partial charge in [-0.05, 0) is 30.5 Å². The quantitative estimate of drug-likeness (QED) is 0.670. The van der Waals surface area contributed by atoms with Crippen LogP contribution in [0.2, 0.25) is 0 Å². The Kier molecular flexibility index (Phi) is 7.20. The predicted octanol–water partition coefficient (Wildman–Crippen LogP) is 4.30. The number of methoxy groups -OCH3 is 1. The number of nitrogens with one attached hydrogen (secondary N) is 1. The molecule has 0 spiro atoms. The van der Waals surface area contributed by atoms with Gasteiger partial charge in [-0.3, -0.25) is 0 Å². The second-order valence-corrected chi connectivity index (χ2v) is 7.08. The molecule has 2 aromatic rings. The average molecular weight is 424 g/mol. The molecule has 1 heterocycles. The Morgan fingerprint density at radius 3 is 2.81 bits per heavy atom. The molecule has 0 atom stereocenters. The number of urea groups is 1. The Morgan fingerprint density at radius 2 is 2.15 bits per heavy atom.